The second kappa shape index (κ2) is 7.33. The van der Waals surface area contributed by atoms with Crippen LogP contribution in [0.4, 0.5) is 5.69 Å². The van der Waals surface area contributed by atoms with Crippen molar-refractivity contribution in [1.82, 2.24) is 19.7 Å². The molecule has 4 rings (SSSR count). The second-order valence-electron chi connectivity index (χ2n) is 6.71. The van der Waals surface area contributed by atoms with Gasteiger partial charge in [-0.1, -0.05) is 23.7 Å². The van der Waals surface area contributed by atoms with E-state index in [9.17, 15) is 4.79 Å². The molecule has 8 heteroatoms. The number of hydrogen-bond acceptors (Lipinski definition) is 5. The topological polar surface area (TPSA) is 72.7 Å². The standard InChI is InChI=1S/C20H18ClN5OS/c1-11(2)26-18-14(9-23-26)8-16(10-22-18)25-19(27)17-12(3)24-20(28-17)13-4-6-15(21)7-5-13/h4-11H,1-3H3,(H,25,27). The Bertz CT molecular complexity index is 1160. The van der Waals surface area contributed by atoms with E-state index >= 15 is 0 Å². The zero-order chi connectivity index (χ0) is 19.8. The van der Waals surface area contributed by atoms with E-state index in [1.165, 1.54) is 11.3 Å². The van der Waals surface area contributed by atoms with Crippen LogP contribution < -0.4 is 5.32 Å². The Morgan fingerprint density at radius 3 is 2.68 bits per heavy atom. The van der Waals surface area contributed by atoms with Crippen molar-refractivity contribution in [2.75, 3.05) is 5.32 Å². The van der Waals surface area contributed by atoms with Crippen LogP contribution in [-0.2, 0) is 0 Å². The fourth-order valence-corrected chi connectivity index (χ4v) is 3.99. The summed E-state index contributed by atoms with van der Waals surface area (Å²) in [4.78, 5) is 22.3. The number of thiazole rings is 1. The maximum Gasteiger partial charge on any atom is 0.267 e. The number of amides is 1. The van der Waals surface area contributed by atoms with E-state index in [4.69, 9.17) is 11.6 Å². The number of nitrogens with one attached hydrogen (secondary N) is 1. The number of halogens is 1. The largest absolute Gasteiger partial charge is 0.320 e. The molecule has 0 spiro atoms. The Hall–Kier alpha value is -2.77. The molecule has 0 fully saturated rings. The monoisotopic (exact) mass is 411 g/mol. The highest BCUT2D eigenvalue weighted by Gasteiger charge is 2.17. The van der Waals surface area contributed by atoms with Crippen LogP contribution in [-0.4, -0.2) is 25.7 Å². The molecule has 1 amide bonds. The van der Waals surface area contributed by atoms with Crippen molar-refractivity contribution < 1.29 is 4.79 Å². The molecule has 0 atom stereocenters. The van der Waals surface area contributed by atoms with Crippen LogP contribution >= 0.6 is 22.9 Å². The number of nitrogens with zero attached hydrogens (tertiary/aromatic N) is 4. The normalized spacial score (nSPS) is 11.3. The number of benzene rings is 1. The number of carbonyl (C=O) groups is 1. The van der Waals surface area contributed by atoms with Crippen molar-refractivity contribution in [3.63, 3.8) is 0 Å². The molecular weight excluding hydrogens is 394 g/mol. The molecule has 0 aliphatic heterocycles. The van der Waals surface area contributed by atoms with Crippen LogP contribution in [0.1, 0.15) is 35.3 Å². The predicted molar refractivity (Wildman–Crippen MR) is 113 cm³/mol. The summed E-state index contributed by atoms with van der Waals surface area (Å²) in [6.07, 6.45) is 3.41. The molecule has 4 aromatic rings. The van der Waals surface area contributed by atoms with E-state index in [1.54, 1.807) is 12.4 Å². The van der Waals surface area contributed by atoms with Crippen molar-refractivity contribution in [2.24, 2.45) is 0 Å². The lowest BCUT2D eigenvalue weighted by Gasteiger charge is -2.07. The molecule has 1 aromatic carbocycles. The van der Waals surface area contributed by atoms with Gasteiger partial charge in [0.05, 0.1) is 23.8 Å². The third-order valence-electron chi connectivity index (χ3n) is 4.27. The first-order valence-electron chi connectivity index (χ1n) is 8.80. The summed E-state index contributed by atoms with van der Waals surface area (Å²) in [6, 6.07) is 9.51. The number of rotatable bonds is 4. The maximum atomic E-state index is 12.8. The molecule has 0 aliphatic carbocycles. The first kappa shape index (κ1) is 18.6. The van der Waals surface area contributed by atoms with Crippen molar-refractivity contribution in [3.8, 4) is 10.6 Å². The molecule has 142 valence electrons. The van der Waals surface area contributed by atoms with Crippen LogP contribution in [0.2, 0.25) is 5.02 Å². The van der Waals surface area contributed by atoms with Gasteiger partial charge in [0.25, 0.3) is 5.91 Å². The van der Waals surface area contributed by atoms with E-state index in [-0.39, 0.29) is 11.9 Å². The molecule has 3 aromatic heterocycles. The molecule has 3 heterocycles. The Morgan fingerprint density at radius 2 is 1.96 bits per heavy atom. The molecule has 0 bridgehead atoms. The summed E-state index contributed by atoms with van der Waals surface area (Å²) >= 11 is 7.30. The van der Waals surface area contributed by atoms with Crippen LogP contribution in [0.3, 0.4) is 0 Å². The quantitative estimate of drug-likeness (QED) is 0.491. The average molecular weight is 412 g/mol. The summed E-state index contributed by atoms with van der Waals surface area (Å²) in [5, 5.41) is 9.60. The molecular formula is C20H18ClN5OS. The molecule has 0 radical (unpaired) electrons. The van der Waals surface area contributed by atoms with Crippen molar-refractivity contribution in [3.05, 3.63) is 58.3 Å². The van der Waals surface area contributed by atoms with E-state index in [0.717, 1.165) is 21.6 Å². The third kappa shape index (κ3) is 3.50. The van der Waals surface area contributed by atoms with Gasteiger partial charge in [-0.25, -0.2) is 14.6 Å². The highest BCUT2D eigenvalue weighted by atomic mass is 35.5. The minimum absolute atomic E-state index is 0.201. The maximum absolute atomic E-state index is 12.8. The molecule has 0 saturated carbocycles. The van der Waals surface area contributed by atoms with Gasteiger partial charge in [-0.2, -0.15) is 5.10 Å². The van der Waals surface area contributed by atoms with E-state index in [0.29, 0.717) is 21.3 Å². The van der Waals surface area contributed by atoms with Crippen LogP contribution in [0, 0.1) is 6.92 Å². The smallest absolute Gasteiger partial charge is 0.267 e. The fraction of sp³-hybridized carbons (Fsp3) is 0.200. The van der Waals surface area contributed by atoms with E-state index < -0.39 is 0 Å². The summed E-state index contributed by atoms with van der Waals surface area (Å²) in [5.74, 6) is -0.201. The first-order valence-corrected chi connectivity index (χ1v) is 10.00. The van der Waals surface area contributed by atoms with Gasteiger partial charge in [0.2, 0.25) is 0 Å². The predicted octanol–water partition coefficient (Wildman–Crippen LogP) is 5.35. The minimum Gasteiger partial charge on any atom is -0.320 e. The van der Waals surface area contributed by atoms with Crippen LogP contribution in [0.5, 0.6) is 0 Å². The van der Waals surface area contributed by atoms with Gasteiger partial charge >= 0.3 is 0 Å². The van der Waals surface area contributed by atoms with E-state index in [2.05, 4.69) is 34.2 Å². The Labute approximate surface area is 171 Å². The SMILES string of the molecule is Cc1nc(-c2ccc(Cl)cc2)sc1C(=O)Nc1cnc2c(cnn2C(C)C)c1. The zero-order valence-corrected chi connectivity index (χ0v) is 17.2. The molecule has 0 unspecified atom stereocenters. The Morgan fingerprint density at radius 1 is 1.21 bits per heavy atom. The van der Waals surface area contributed by atoms with Gasteiger partial charge in [0.1, 0.15) is 9.88 Å². The number of carbonyl (C=O) groups excluding carboxylic acids is 1. The number of aryl methyl sites for hydroxylation is 1. The number of pyridine rings is 1. The number of anilines is 1. The highest BCUT2D eigenvalue weighted by molar-refractivity contribution is 7.17. The summed E-state index contributed by atoms with van der Waals surface area (Å²) in [7, 11) is 0. The van der Waals surface area contributed by atoms with Crippen molar-refractivity contribution in [2.45, 2.75) is 26.8 Å². The first-order chi connectivity index (χ1) is 13.4. The molecule has 0 saturated heterocycles. The van der Waals surface area contributed by atoms with Crippen molar-refractivity contribution >= 4 is 45.6 Å². The van der Waals surface area contributed by atoms with Crippen molar-refractivity contribution in [1.29, 1.82) is 0 Å². The average Bonchev–Trinajstić information content (AvgIpc) is 3.25. The lowest BCUT2D eigenvalue weighted by molar-refractivity contribution is 0.103. The lowest BCUT2D eigenvalue weighted by Crippen LogP contribution is -2.12. The Kier molecular flexibility index (Phi) is 4.87. The van der Waals surface area contributed by atoms with Gasteiger partial charge in [0.15, 0.2) is 5.65 Å². The fourth-order valence-electron chi connectivity index (χ4n) is 2.90. The molecule has 28 heavy (non-hydrogen) atoms. The van der Waals surface area contributed by atoms with Gasteiger partial charge in [-0.05, 0) is 39.0 Å². The van der Waals surface area contributed by atoms with Crippen LogP contribution in [0.15, 0.2) is 42.7 Å². The van der Waals surface area contributed by atoms with Gasteiger partial charge in [0, 0.05) is 22.0 Å². The molecule has 1 N–H and O–H groups in total. The molecule has 6 nitrogen and oxygen atoms in total. The Balaban J connectivity index is 1.58. The number of hydrogen-bond donors (Lipinski definition) is 1. The third-order valence-corrected chi connectivity index (χ3v) is 5.73. The van der Waals surface area contributed by atoms with Gasteiger partial charge in [-0.3, -0.25) is 4.79 Å². The van der Waals surface area contributed by atoms with Gasteiger partial charge in [-0.15, -0.1) is 11.3 Å². The lowest BCUT2D eigenvalue weighted by atomic mass is 10.2. The summed E-state index contributed by atoms with van der Waals surface area (Å²) in [5.41, 5.74) is 3.04. The summed E-state index contributed by atoms with van der Waals surface area (Å²) < 4.78 is 1.85. The zero-order valence-electron chi connectivity index (χ0n) is 15.6. The molecule has 0 aliphatic rings. The number of fused-ring (bicyclic) bond motifs is 1. The van der Waals surface area contributed by atoms with E-state index in [1.807, 2.05) is 41.9 Å². The van der Waals surface area contributed by atoms with Gasteiger partial charge < -0.3 is 5.32 Å². The highest BCUT2D eigenvalue weighted by Crippen LogP contribution is 2.29. The van der Waals surface area contributed by atoms with Crippen LogP contribution in [0.25, 0.3) is 21.6 Å². The minimum atomic E-state index is -0.201. The number of aromatic nitrogens is 4. The second-order valence-corrected chi connectivity index (χ2v) is 8.15. The summed E-state index contributed by atoms with van der Waals surface area (Å²) in [6.45, 7) is 5.93.